The van der Waals surface area contributed by atoms with Crippen LogP contribution < -0.4 is 0 Å². The number of aromatic nitrogens is 2. The summed E-state index contributed by atoms with van der Waals surface area (Å²) in [6.45, 7) is 5.87. The lowest BCUT2D eigenvalue weighted by atomic mass is 9.71. The maximum Gasteiger partial charge on any atom is 0.224 e. The van der Waals surface area contributed by atoms with Crippen molar-refractivity contribution in [1.82, 2.24) is 14.7 Å². The van der Waals surface area contributed by atoms with E-state index in [2.05, 4.69) is 16.9 Å². The third kappa shape index (κ3) is 2.91. The first-order valence-corrected chi connectivity index (χ1v) is 8.34. The lowest BCUT2D eigenvalue weighted by molar-refractivity contribution is -0.134. The van der Waals surface area contributed by atoms with Crippen LogP contribution in [0.4, 0.5) is 0 Å². The van der Waals surface area contributed by atoms with Crippen molar-refractivity contribution in [2.24, 2.45) is 5.41 Å². The normalized spacial score (nSPS) is 31.3. The number of ether oxygens (including phenoxy) is 1. The Hall–Kier alpha value is -1.36. The zero-order valence-electron chi connectivity index (χ0n) is 13.9. The molecule has 1 saturated carbocycles. The maximum atomic E-state index is 12.6. The molecular weight excluding hydrogens is 278 g/mol. The number of hydrogen-bond donors (Lipinski definition) is 0. The molecule has 2 aliphatic rings. The summed E-state index contributed by atoms with van der Waals surface area (Å²) in [5.41, 5.74) is 1.23. The summed E-state index contributed by atoms with van der Waals surface area (Å²) < 4.78 is 7.42. The van der Waals surface area contributed by atoms with Gasteiger partial charge in [0.1, 0.15) is 0 Å². The first-order chi connectivity index (χ1) is 10.5. The van der Waals surface area contributed by atoms with Gasteiger partial charge in [-0.05, 0) is 44.1 Å². The van der Waals surface area contributed by atoms with Gasteiger partial charge in [-0.25, -0.2) is 0 Å². The quantitative estimate of drug-likeness (QED) is 0.858. The highest BCUT2D eigenvalue weighted by atomic mass is 16.5. The first-order valence-electron chi connectivity index (χ1n) is 8.34. The molecule has 5 nitrogen and oxygen atoms in total. The van der Waals surface area contributed by atoms with Gasteiger partial charge in [-0.1, -0.05) is 6.92 Å². The molecule has 1 aliphatic heterocycles. The first kappa shape index (κ1) is 15.5. The summed E-state index contributed by atoms with van der Waals surface area (Å²) in [6, 6.07) is 2.37. The van der Waals surface area contributed by atoms with Gasteiger partial charge in [0.05, 0.1) is 11.8 Å². The van der Waals surface area contributed by atoms with Crippen LogP contribution in [0.2, 0.25) is 0 Å². The molecule has 0 bridgehead atoms. The molecule has 3 atom stereocenters. The van der Waals surface area contributed by atoms with Crippen LogP contribution in [0.5, 0.6) is 0 Å². The number of nitrogens with zero attached hydrogens (tertiary/aromatic N) is 3. The fourth-order valence-corrected chi connectivity index (χ4v) is 4.22. The smallest absolute Gasteiger partial charge is 0.224 e. The molecule has 3 rings (SSSR count). The van der Waals surface area contributed by atoms with Crippen molar-refractivity contribution in [3.05, 3.63) is 18.0 Å². The van der Waals surface area contributed by atoms with Gasteiger partial charge in [-0.3, -0.25) is 9.48 Å². The van der Waals surface area contributed by atoms with E-state index < -0.39 is 0 Å². The van der Waals surface area contributed by atoms with Gasteiger partial charge in [-0.15, -0.1) is 0 Å². The van der Waals surface area contributed by atoms with E-state index in [0.717, 1.165) is 37.9 Å². The topological polar surface area (TPSA) is 47.4 Å². The van der Waals surface area contributed by atoms with Crippen molar-refractivity contribution in [1.29, 1.82) is 0 Å². The number of methoxy groups -OCH3 is 1. The van der Waals surface area contributed by atoms with E-state index in [1.165, 1.54) is 0 Å². The number of amides is 1. The average molecular weight is 305 g/mol. The van der Waals surface area contributed by atoms with Crippen LogP contribution in [0, 0.1) is 12.3 Å². The van der Waals surface area contributed by atoms with Crippen LogP contribution in [0.15, 0.2) is 12.3 Å². The van der Waals surface area contributed by atoms with Gasteiger partial charge in [0.25, 0.3) is 0 Å². The zero-order valence-corrected chi connectivity index (χ0v) is 13.9. The second kappa shape index (κ2) is 6.03. The summed E-state index contributed by atoms with van der Waals surface area (Å²) in [6.07, 6.45) is 7.17. The highest BCUT2D eigenvalue weighted by Gasteiger charge is 2.48. The van der Waals surface area contributed by atoms with Gasteiger partial charge in [0.2, 0.25) is 5.91 Å². The highest BCUT2D eigenvalue weighted by Crippen LogP contribution is 2.47. The Morgan fingerprint density at radius 2 is 2.32 bits per heavy atom. The van der Waals surface area contributed by atoms with Gasteiger partial charge in [-0.2, -0.15) is 5.10 Å². The Kier molecular flexibility index (Phi) is 4.26. The molecule has 1 aromatic rings. The Morgan fingerprint density at radius 1 is 1.50 bits per heavy atom. The monoisotopic (exact) mass is 305 g/mol. The molecular formula is C17H27N3O2. The van der Waals surface area contributed by atoms with Gasteiger partial charge < -0.3 is 9.64 Å². The SMILES string of the molecule is CO[C@@H]1CC[C@H]2N(C(=O)CCn3ccc(C)n3)CC[C@@]2(C)C1. The second-order valence-electron chi connectivity index (χ2n) is 7.12. The molecule has 2 heterocycles. The molecule has 1 saturated heterocycles. The number of carbonyl (C=O) groups excluding carboxylic acids is 1. The summed E-state index contributed by atoms with van der Waals surface area (Å²) in [5, 5.41) is 4.35. The van der Waals surface area contributed by atoms with E-state index in [1.807, 2.05) is 23.9 Å². The van der Waals surface area contributed by atoms with E-state index in [4.69, 9.17) is 4.74 Å². The number of rotatable bonds is 4. The van der Waals surface area contributed by atoms with Crippen LogP contribution >= 0.6 is 0 Å². The Morgan fingerprint density at radius 3 is 3.00 bits per heavy atom. The van der Waals surface area contributed by atoms with Crippen LogP contribution in [0.1, 0.15) is 44.7 Å². The largest absolute Gasteiger partial charge is 0.381 e. The molecule has 0 spiro atoms. The van der Waals surface area contributed by atoms with E-state index in [1.54, 1.807) is 7.11 Å². The van der Waals surface area contributed by atoms with E-state index in [0.29, 0.717) is 25.1 Å². The molecule has 0 aromatic carbocycles. The minimum absolute atomic E-state index is 0.233. The fourth-order valence-electron chi connectivity index (χ4n) is 4.22. The number of carbonyl (C=O) groups is 1. The highest BCUT2D eigenvalue weighted by molar-refractivity contribution is 5.77. The average Bonchev–Trinajstić information content (AvgIpc) is 3.07. The van der Waals surface area contributed by atoms with Gasteiger partial charge in [0, 0.05) is 38.9 Å². The van der Waals surface area contributed by atoms with Gasteiger partial charge in [0.15, 0.2) is 0 Å². The summed E-state index contributed by atoms with van der Waals surface area (Å²) in [5.74, 6) is 0.276. The standard InChI is InChI=1S/C17H27N3O2/c1-13-6-9-19(18-13)10-7-16(21)20-11-8-17(2)12-14(22-3)4-5-15(17)20/h6,9,14-15H,4-5,7-8,10-12H2,1-3H3/t14-,15-,17+/m1/s1. The molecule has 1 aliphatic carbocycles. The lowest BCUT2D eigenvalue weighted by Crippen LogP contribution is -2.46. The molecule has 22 heavy (non-hydrogen) atoms. The Labute approximate surface area is 132 Å². The Balaban J connectivity index is 1.59. The fraction of sp³-hybridized carbons (Fsp3) is 0.765. The third-order valence-corrected chi connectivity index (χ3v) is 5.54. The maximum absolute atomic E-state index is 12.6. The molecule has 1 aromatic heterocycles. The van der Waals surface area contributed by atoms with Crippen LogP contribution in [0.3, 0.4) is 0 Å². The zero-order chi connectivity index (χ0) is 15.7. The molecule has 0 radical (unpaired) electrons. The van der Waals surface area contributed by atoms with Gasteiger partial charge >= 0.3 is 0 Å². The predicted octanol–water partition coefficient (Wildman–Crippen LogP) is 2.39. The van der Waals surface area contributed by atoms with Crippen molar-refractivity contribution in [3.8, 4) is 0 Å². The van der Waals surface area contributed by atoms with Crippen LogP contribution in [-0.4, -0.2) is 46.4 Å². The van der Waals surface area contributed by atoms with E-state index in [-0.39, 0.29) is 11.3 Å². The minimum Gasteiger partial charge on any atom is -0.381 e. The van der Waals surface area contributed by atoms with Crippen molar-refractivity contribution >= 4 is 5.91 Å². The van der Waals surface area contributed by atoms with Crippen molar-refractivity contribution in [2.75, 3.05) is 13.7 Å². The molecule has 5 heteroatoms. The predicted molar refractivity (Wildman–Crippen MR) is 84.5 cm³/mol. The van der Waals surface area contributed by atoms with E-state index in [9.17, 15) is 4.79 Å². The number of hydrogen-bond acceptors (Lipinski definition) is 3. The van der Waals surface area contributed by atoms with Crippen LogP contribution in [0.25, 0.3) is 0 Å². The van der Waals surface area contributed by atoms with Crippen LogP contribution in [-0.2, 0) is 16.1 Å². The van der Waals surface area contributed by atoms with Crippen molar-refractivity contribution < 1.29 is 9.53 Å². The number of likely N-dealkylation sites (tertiary alicyclic amines) is 1. The molecule has 1 amide bonds. The minimum atomic E-state index is 0.233. The van der Waals surface area contributed by atoms with E-state index >= 15 is 0 Å². The van der Waals surface area contributed by atoms with Crippen molar-refractivity contribution in [3.63, 3.8) is 0 Å². The third-order valence-electron chi connectivity index (χ3n) is 5.54. The molecule has 0 N–H and O–H groups in total. The number of fused-ring (bicyclic) bond motifs is 1. The summed E-state index contributed by atoms with van der Waals surface area (Å²) in [4.78, 5) is 14.8. The number of aryl methyl sites for hydroxylation is 2. The molecule has 122 valence electrons. The van der Waals surface area contributed by atoms with Crippen molar-refractivity contribution in [2.45, 2.75) is 64.6 Å². The summed E-state index contributed by atoms with van der Waals surface area (Å²) in [7, 11) is 1.80. The molecule has 2 fully saturated rings. The Bertz CT molecular complexity index is 542. The second-order valence-corrected chi connectivity index (χ2v) is 7.12. The molecule has 0 unspecified atom stereocenters. The lowest BCUT2D eigenvalue weighted by Gasteiger charge is -2.42. The summed E-state index contributed by atoms with van der Waals surface area (Å²) >= 11 is 0.